The number of rotatable bonds is 5. The van der Waals surface area contributed by atoms with E-state index in [1.165, 1.54) is 6.42 Å². The molecule has 1 aliphatic rings. The van der Waals surface area contributed by atoms with Crippen LogP contribution in [0.2, 0.25) is 0 Å². The topological polar surface area (TPSA) is 71.8 Å². The van der Waals surface area contributed by atoms with Crippen molar-refractivity contribution in [3.8, 4) is 5.82 Å². The molecule has 1 unspecified atom stereocenters. The number of hydrogen-bond donors (Lipinski definition) is 2. The van der Waals surface area contributed by atoms with E-state index in [4.69, 9.17) is 0 Å². The van der Waals surface area contributed by atoms with Crippen molar-refractivity contribution in [2.45, 2.75) is 33.1 Å². The molecular formula is C17H23N5O. The molecule has 1 amide bonds. The number of amides is 1. The molecule has 2 aromatic heterocycles. The molecule has 3 rings (SSSR count). The molecule has 0 spiro atoms. The van der Waals surface area contributed by atoms with Crippen molar-refractivity contribution >= 4 is 11.6 Å². The fourth-order valence-electron chi connectivity index (χ4n) is 2.97. The highest BCUT2D eigenvalue weighted by molar-refractivity contribution is 5.90. The molecule has 1 fully saturated rings. The van der Waals surface area contributed by atoms with E-state index in [-0.39, 0.29) is 5.91 Å². The van der Waals surface area contributed by atoms with Crippen LogP contribution < -0.4 is 10.6 Å². The van der Waals surface area contributed by atoms with Gasteiger partial charge >= 0.3 is 0 Å². The molecule has 122 valence electrons. The number of pyridine rings is 1. The van der Waals surface area contributed by atoms with Gasteiger partial charge in [0.1, 0.15) is 0 Å². The van der Waals surface area contributed by atoms with Gasteiger partial charge in [0.15, 0.2) is 5.82 Å². The summed E-state index contributed by atoms with van der Waals surface area (Å²) >= 11 is 0. The van der Waals surface area contributed by atoms with Gasteiger partial charge in [-0.2, -0.15) is 5.10 Å². The lowest BCUT2D eigenvalue weighted by Gasteiger charge is -2.09. The van der Waals surface area contributed by atoms with Crippen LogP contribution in [-0.2, 0) is 4.79 Å². The predicted molar refractivity (Wildman–Crippen MR) is 89.7 cm³/mol. The summed E-state index contributed by atoms with van der Waals surface area (Å²) in [5.41, 5.74) is 2.73. The van der Waals surface area contributed by atoms with Crippen molar-refractivity contribution in [3.05, 3.63) is 35.8 Å². The molecule has 6 nitrogen and oxygen atoms in total. The Balaban J connectivity index is 1.56. The van der Waals surface area contributed by atoms with Gasteiger partial charge in [-0.15, -0.1) is 0 Å². The van der Waals surface area contributed by atoms with Gasteiger partial charge in [-0.3, -0.25) is 4.79 Å². The molecule has 3 heterocycles. The number of nitrogens with zero attached hydrogens (tertiary/aromatic N) is 3. The number of nitrogens with one attached hydrogen (secondary N) is 2. The standard InChI is InChI=1S/C17H23N5O/c1-12-9-13(2)22(21-12)16-5-4-15(11-19-16)20-17(23)6-3-14-7-8-18-10-14/h4-5,9,11,14,18H,3,6-8,10H2,1-2H3,(H,20,23). The van der Waals surface area contributed by atoms with Gasteiger partial charge in [0, 0.05) is 12.1 Å². The van der Waals surface area contributed by atoms with Gasteiger partial charge in [-0.25, -0.2) is 9.67 Å². The van der Waals surface area contributed by atoms with E-state index >= 15 is 0 Å². The first-order chi connectivity index (χ1) is 11.1. The Bertz CT molecular complexity index is 671. The lowest BCUT2D eigenvalue weighted by Crippen LogP contribution is -2.15. The summed E-state index contributed by atoms with van der Waals surface area (Å²) in [6.45, 7) is 6.06. The third kappa shape index (κ3) is 3.96. The van der Waals surface area contributed by atoms with Gasteiger partial charge in [-0.05, 0) is 63.9 Å². The van der Waals surface area contributed by atoms with Gasteiger partial charge in [0.05, 0.1) is 17.6 Å². The minimum Gasteiger partial charge on any atom is -0.325 e. The summed E-state index contributed by atoms with van der Waals surface area (Å²) in [6, 6.07) is 5.75. The van der Waals surface area contributed by atoms with Crippen LogP contribution in [0, 0.1) is 19.8 Å². The zero-order chi connectivity index (χ0) is 16.2. The van der Waals surface area contributed by atoms with Crippen molar-refractivity contribution in [1.82, 2.24) is 20.1 Å². The highest BCUT2D eigenvalue weighted by Crippen LogP contribution is 2.16. The Kier molecular flexibility index (Phi) is 4.71. The van der Waals surface area contributed by atoms with Crippen LogP contribution in [-0.4, -0.2) is 33.8 Å². The van der Waals surface area contributed by atoms with E-state index in [0.29, 0.717) is 12.3 Å². The normalized spacial score (nSPS) is 17.4. The van der Waals surface area contributed by atoms with E-state index in [9.17, 15) is 4.79 Å². The van der Waals surface area contributed by atoms with E-state index in [1.54, 1.807) is 10.9 Å². The zero-order valence-corrected chi connectivity index (χ0v) is 13.7. The minimum absolute atomic E-state index is 0.0533. The Labute approximate surface area is 136 Å². The van der Waals surface area contributed by atoms with Gasteiger partial charge in [-0.1, -0.05) is 0 Å². The van der Waals surface area contributed by atoms with Gasteiger partial charge in [0.25, 0.3) is 0 Å². The van der Waals surface area contributed by atoms with E-state index < -0.39 is 0 Å². The molecular weight excluding hydrogens is 290 g/mol. The molecule has 0 bridgehead atoms. The maximum absolute atomic E-state index is 12.0. The molecule has 23 heavy (non-hydrogen) atoms. The molecule has 1 saturated heterocycles. The number of carbonyl (C=O) groups excluding carboxylic acids is 1. The first kappa shape index (κ1) is 15.7. The van der Waals surface area contributed by atoms with Crippen molar-refractivity contribution in [1.29, 1.82) is 0 Å². The summed E-state index contributed by atoms with van der Waals surface area (Å²) in [6.07, 6.45) is 4.36. The quantitative estimate of drug-likeness (QED) is 0.888. The highest BCUT2D eigenvalue weighted by Gasteiger charge is 2.15. The van der Waals surface area contributed by atoms with Crippen molar-refractivity contribution in [2.24, 2.45) is 5.92 Å². The van der Waals surface area contributed by atoms with Crippen LogP contribution in [0.4, 0.5) is 5.69 Å². The number of aromatic nitrogens is 3. The first-order valence-corrected chi connectivity index (χ1v) is 8.12. The van der Waals surface area contributed by atoms with E-state index in [0.717, 1.165) is 42.4 Å². The summed E-state index contributed by atoms with van der Waals surface area (Å²) in [4.78, 5) is 16.4. The summed E-state index contributed by atoms with van der Waals surface area (Å²) in [5.74, 6) is 1.44. The number of hydrogen-bond acceptors (Lipinski definition) is 4. The van der Waals surface area contributed by atoms with Crippen LogP contribution in [0.3, 0.4) is 0 Å². The molecule has 1 atom stereocenters. The number of anilines is 1. The number of aryl methyl sites for hydroxylation is 2. The summed E-state index contributed by atoms with van der Waals surface area (Å²) in [5, 5.41) is 10.6. The van der Waals surface area contributed by atoms with Crippen LogP contribution in [0.15, 0.2) is 24.4 Å². The lowest BCUT2D eigenvalue weighted by molar-refractivity contribution is -0.116. The Morgan fingerprint density at radius 1 is 1.43 bits per heavy atom. The minimum atomic E-state index is 0.0533. The predicted octanol–water partition coefficient (Wildman–Crippen LogP) is 2.21. The molecule has 6 heteroatoms. The molecule has 2 N–H and O–H groups in total. The van der Waals surface area contributed by atoms with Crippen molar-refractivity contribution in [3.63, 3.8) is 0 Å². The average molecular weight is 313 g/mol. The molecule has 0 aromatic carbocycles. The van der Waals surface area contributed by atoms with Crippen LogP contribution >= 0.6 is 0 Å². The second-order valence-electron chi connectivity index (χ2n) is 6.19. The lowest BCUT2D eigenvalue weighted by atomic mass is 10.0. The zero-order valence-electron chi connectivity index (χ0n) is 13.7. The second kappa shape index (κ2) is 6.91. The maximum Gasteiger partial charge on any atom is 0.224 e. The van der Waals surface area contributed by atoms with E-state index in [1.807, 2.05) is 32.0 Å². The van der Waals surface area contributed by atoms with Crippen LogP contribution in [0.25, 0.3) is 5.82 Å². The monoisotopic (exact) mass is 313 g/mol. The third-order valence-corrected chi connectivity index (χ3v) is 4.20. The molecule has 0 radical (unpaired) electrons. The fourth-order valence-corrected chi connectivity index (χ4v) is 2.97. The van der Waals surface area contributed by atoms with Gasteiger partial charge < -0.3 is 10.6 Å². The Morgan fingerprint density at radius 2 is 2.30 bits per heavy atom. The third-order valence-electron chi connectivity index (χ3n) is 4.20. The first-order valence-electron chi connectivity index (χ1n) is 8.12. The fraction of sp³-hybridized carbons (Fsp3) is 0.471. The SMILES string of the molecule is Cc1cc(C)n(-c2ccc(NC(=O)CCC3CCNC3)cn2)n1. The second-order valence-corrected chi connectivity index (χ2v) is 6.19. The van der Waals surface area contributed by atoms with Crippen molar-refractivity contribution in [2.75, 3.05) is 18.4 Å². The largest absolute Gasteiger partial charge is 0.325 e. The Morgan fingerprint density at radius 3 is 2.91 bits per heavy atom. The summed E-state index contributed by atoms with van der Waals surface area (Å²) in [7, 11) is 0. The van der Waals surface area contributed by atoms with Gasteiger partial charge in [0.2, 0.25) is 5.91 Å². The molecule has 0 saturated carbocycles. The summed E-state index contributed by atoms with van der Waals surface area (Å²) < 4.78 is 1.80. The van der Waals surface area contributed by atoms with E-state index in [2.05, 4.69) is 20.7 Å². The smallest absolute Gasteiger partial charge is 0.224 e. The molecule has 2 aromatic rings. The molecule has 0 aliphatic carbocycles. The van der Waals surface area contributed by atoms with Crippen LogP contribution in [0.1, 0.15) is 30.7 Å². The molecule has 1 aliphatic heterocycles. The highest BCUT2D eigenvalue weighted by atomic mass is 16.1. The average Bonchev–Trinajstić information content (AvgIpc) is 3.15. The Hall–Kier alpha value is -2.21. The van der Waals surface area contributed by atoms with Crippen LogP contribution in [0.5, 0.6) is 0 Å². The number of carbonyl (C=O) groups is 1. The van der Waals surface area contributed by atoms with Crippen molar-refractivity contribution < 1.29 is 4.79 Å². The maximum atomic E-state index is 12.0.